The highest BCUT2D eigenvalue weighted by atomic mass is 19.1. The lowest BCUT2D eigenvalue weighted by atomic mass is 10.1. The highest BCUT2D eigenvalue weighted by molar-refractivity contribution is 5.97. The Morgan fingerprint density at radius 1 is 1.04 bits per heavy atom. The Hall–Kier alpha value is -3.42. The predicted octanol–water partition coefficient (Wildman–Crippen LogP) is 2.37. The minimum Gasteiger partial charge on any atom is -0.480 e. The summed E-state index contributed by atoms with van der Waals surface area (Å²) in [5.41, 5.74) is -0.0223. The lowest BCUT2D eigenvalue weighted by molar-refractivity contribution is -0.137. The van der Waals surface area contributed by atoms with Crippen molar-refractivity contribution in [2.45, 2.75) is 25.9 Å². The summed E-state index contributed by atoms with van der Waals surface area (Å²) in [5, 5.41) is 13.5. The van der Waals surface area contributed by atoms with E-state index in [0.29, 0.717) is 17.0 Å². The van der Waals surface area contributed by atoms with Crippen LogP contribution in [-0.2, 0) is 20.8 Å². The van der Waals surface area contributed by atoms with Gasteiger partial charge >= 0.3 is 5.97 Å². The zero-order chi connectivity index (χ0) is 20.7. The number of carbonyl (C=O) groups excluding carboxylic acids is 2. The highest BCUT2D eigenvalue weighted by Crippen LogP contribution is 2.21. The molecule has 0 bridgehead atoms. The fourth-order valence-corrected chi connectivity index (χ4v) is 2.25. The zero-order valence-electron chi connectivity index (χ0n) is 15.5. The van der Waals surface area contributed by atoms with Gasteiger partial charge in [-0.3, -0.25) is 14.4 Å². The first-order valence-electron chi connectivity index (χ1n) is 8.49. The Balaban J connectivity index is 1.93. The maximum Gasteiger partial charge on any atom is 0.322 e. The first-order chi connectivity index (χ1) is 13.2. The lowest BCUT2D eigenvalue weighted by Gasteiger charge is -2.25. The molecule has 0 aliphatic carbocycles. The van der Waals surface area contributed by atoms with Gasteiger partial charge in [-0.05, 0) is 55.8 Å². The van der Waals surface area contributed by atoms with Crippen molar-refractivity contribution < 1.29 is 28.6 Å². The number of hydrogen-bond acceptors (Lipinski definition) is 4. The molecule has 0 fully saturated rings. The minimum atomic E-state index is -1.20. The Kier molecular flexibility index (Phi) is 6.70. The van der Waals surface area contributed by atoms with E-state index in [0.717, 1.165) is 0 Å². The third-order valence-electron chi connectivity index (χ3n) is 3.75. The first kappa shape index (κ1) is 20.9. The van der Waals surface area contributed by atoms with Crippen LogP contribution in [0.2, 0.25) is 0 Å². The van der Waals surface area contributed by atoms with E-state index in [4.69, 9.17) is 9.84 Å². The topological polar surface area (TPSA) is 105 Å². The molecule has 7 nitrogen and oxygen atoms in total. The van der Waals surface area contributed by atoms with Crippen LogP contribution in [0.4, 0.5) is 10.1 Å². The van der Waals surface area contributed by atoms with Crippen molar-refractivity contribution in [3.05, 3.63) is 59.9 Å². The molecule has 2 amide bonds. The van der Waals surface area contributed by atoms with E-state index >= 15 is 0 Å². The van der Waals surface area contributed by atoms with Crippen LogP contribution in [0.3, 0.4) is 0 Å². The quantitative estimate of drug-likeness (QED) is 0.644. The number of amides is 2. The van der Waals surface area contributed by atoms with Crippen molar-refractivity contribution in [2.24, 2.45) is 0 Å². The van der Waals surface area contributed by atoms with E-state index in [2.05, 4.69) is 10.6 Å². The fourth-order valence-electron chi connectivity index (χ4n) is 2.25. The Bertz CT molecular complexity index is 848. The number of carboxylic acids is 1. The molecular formula is C20H21FN2O5. The monoisotopic (exact) mass is 388 g/mol. The summed E-state index contributed by atoms with van der Waals surface area (Å²) in [6, 6.07) is 11.9. The molecule has 0 spiro atoms. The molecule has 3 N–H and O–H groups in total. The standard InChI is InChI=1S/C20H21FN2O5/c1-20(2,28-16-9-5-14(21)6-10-16)19(27)23-15-7-3-13(4-8-15)11-17(24)22-12-18(25)26/h3-10H,11-12H2,1-2H3,(H,22,24)(H,23,27)(H,25,26). The molecule has 2 aromatic carbocycles. The van der Waals surface area contributed by atoms with Crippen LogP contribution < -0.4 is 15.4 Å². The van der Waals surface area contributed by atoms with E-state index in [1.165, 1.54) is 24.3 Å². The van der Waals surface area contributed by atoms with Crippen LogP contribution in [0, 0.1) is 5.82 Å². The molecule has 28 heavy (non-hydrogen) atoms. The smallest absolute Gasteiger partial charge is 0.322 e. The van der Waals surface area contributed by atoms with Crippen LogP contribution in [-0.4, -0.2) is 35.0 Å². The number of benzene rings is 2. The number of rotatable bonds is 8. The highest BCUT2D eigenvalue weighted by Gasteiger charge is 2.30. The number of carboxylic acid groups (broad SMARTS) is 1. The van der Waals surface area contributed by atoms with Gasteiger partial charge in [0, 0.05) is 5.69 Å². The van der Waals surface area contributed by atoms with E-state index in [1.54, 1.807) is 38.1 Å². The van der Waals surface area contributed by atoms with E-state index in [9.17, 15) is 18.8 Å². The predicted molar refractivity (Wildman–Crippen MR) is 101 cm³/mol. The molecule has 0 unspecified atom stereocenters. The number of anilines is 1. The van der Waals surface area contributed by atoms with Crippen LogP contribution in [0.5, 0.6) is 5.75 Å². The molecular weight excluding hydrogens is 367 g/mol. The molecule has 0 saturated carbocycles. The summed E-state index contributed by atoms with van der Waals surface area (Å²) < 4.78 is 18.6. The maximum atomic E-state index is 13.0. The maximum absolute atomic E-state index is 13.0. The van der Waals surface area contributed by atoms with Crippen molar-refractivity contribution in [1.29, 1.82) is 0 Å². The van der Waals surface area contributed by atoms with Gasteiger partial charge < -0.3 is 20.5 Å². The van der Waals surface area contributed by atoms with Crippen LogP contribution in [0.15, 0.2) is 48.5 Å². The molecule has 0 atom stereocenters. The second-order valence-corrected chi connectivity index (χ2v) is 6.56. The Labute approximate surface area is 161 Å². The molecule has 0 aliphatic heterocycles. The van der Waals surface area contributed by atoms with Gasteiger partial charge in [-0.25, -0.2) is 4.39 Å². The van der Waals surface area contributed by atoms with E-state index in [1.807, 2.05) is 0 Å². The summed E-state index contributed by atoms with van der Waals surface area (Å²) in [6.45, 7) is 2.75. The number of halogens is 1. The minimum absolute atomic E-state index is 0.0284. The van der Waals surface area contributed by atoms with Gasteiger partial charge in [0.25, 0.3) is 5.91 Å². The van der Waals surface area contributed by atoms with Gasteiger partial charge in [-0.15, -0.1) is 0 Å². The number of aliphatic carboxylic acids is 1. The van der Waals surface area contributed by atoms with Gasteiger partial charge in [0.15, 0.2) is 5.60 Å². The molecule has 2 aromatic rings. The molecule has 0 heterocycles. The summed E-state index contributed by atoms with van der Waals surface area (Å²) >= 11 is 0. The molecule has 148 valence electrons. The first-order valence-corrected chi connectivity index (χ1v) is 8.49. The number of hydrogen-bond donors (Lipinski definition) is 3. The number of ether oxygens (including phenoxy) is 1. The summed E-state index contributed by atoms with van der Waals surface area (Å²) in [4.78, 5) is 34.5. The van der Waals surface area contributed by atoms with Gasteiger partial charge in [0.2, 0.25) is 5.91 Å². The lowest BCUT2D eigenvalue weighted by Crippen LogP contribution is -2.42. The van der Waals surface area contributed by atoms with E-state index < -0.39 is 35.7 Å². The Morgan fingerprint density at radius 2 is 1.64 bits per heavy atom. The number of carbonyl (C=O) groups is 3. The molecule has 2 rings (SSSR count). The largest absolute Gasteiger partial charge is 0.480 e. The second kappa shape index (κ2) is 8.98. The Morgan fingerprint density at radius 3 is 2.21 bits per heavy atom. The van der Waals surface area contributed by atoms with Crippen LogP contribution in [0.25, 0.3) is 0 Å². The third kappa shape index (κ3) is 6.39. The summed E-state index contributed by atoms with van der Waals surface area (Å²) in [6.07, 6.45) is 0.0284. The van der Waals surface area contributed by atoms with E-state index in [-0.39, 0.29) is 6.42 Å². The molecule has 0 aliphatic rings. The van der Waals surface area contributed by atoms with Gasteiger partial charge in [0.05, 0.1) is 6.42 Å². The van der Waals surface area contributed by atoms with Crippen LogP contribution in [0.1, 0.15) is 19.4 Å². The molecule has 0 aromatic heterocycles. The SMILES string of the molecule is CC(C)(Oc1ccc(F)cc1)C(=O)Nc1ccc(CC(=O)NCC(=O)O)cc1. The van der Waals surface area contributed by atoms with Crippen LogP contribution >= 0.6 is 0 Å². The summed E-state index contributed by atoms with van der Waals surface area (Å²) in [5.74, 6) is -1.95. The van der Waals surface area contributed by atoms with Crippen molar-refractivity contribution in [3.8, 4) is 5.75 Å². The van der Waals surface area contributed by atoms with Crippen molar-refractivity contribution in [1.82, 2.24) is 5.32 Å². The second-order valence-electron chi connectivity index (χ2n) is 6.56. The van der Waals surface area contributed by atoms with Gasteiger partial charge in [-0.1, -0.05) is 12.1 Å². The number of nitrogens with one attached hydrogen (secondary N) is 2. The molecule has 8 heteroatoms. The third-order valence-corrected chi connectivity index (χ3v) is 3.75. The fraction of sp³-hybridized carbons (Fsp3) is 0.250. The average molecular weight is 388 g/mol. The van der Waals surface area contributed by atoms with Crippen molar-refractivity contribution in [2.75, 3.05) is 11.9 Å². The van der Waals surface area contributed by atoms with Crippen molar-refractivity contribution in [3.63, 3.8) is 0 Å². The molecule has 0 radical (unpaired) electrons. The van der Waals surface area contributed by atoms with Crippen molar-refractivity contribution >= 4 is 23.5 Å². The molecule has 0 saturated heterocycles. The van der Waals surface area contributed by atoms with Gasteiger partial charge in [-0.2, -0.15) is 0 Å². The summed E-state index contributed by atoms with van der Waals surface area (Å²) in [7, 11) is 0. The normalized spacial score (nSPS) is 10.8. The average Bonchev–Trinajstić information content (AvgIpc) is 2.63. The zero-order valence-corrected chi connectivity index (χ0v) is 15.5. The van der Waals surface area contributed by atoms with Gasteiger partial charge in [0.1, 0.15) is 18.1 Å².